The summed E-state index contributed by atoms with van der Waals surface area (Å²) in [6.45, 7) is 1.89. The van der Waals surface area contributed by atoms with Crippen LogP contribution in [-0.4, -0.2) is 82.8 Å². The van der Waals surface area contributed by atoms with E-state index in [1.807, 2.05) is 0 Å². The van der Waals surface area contributed by atoms with Crippen LogP contribution in [0.3, 0.4) is 0 Å². The van der Waals surface area contributed by atoms with Gasteiger partial charge in [-0.1, -0.05) is 23.2 Å². The Bertz CT molecular complexity index is 1350. The van der Waals surface area contributed by atoms with Gasteiger partial charge in [0.05, 0.1) is 16.7 Å². The largest absolute Gasteiger partial charge is 0.479 e. The molecule has 2 fully saturated rings. The van der Waals surface area contributed by atoms with Crippen molar-refractivity contribution < 1.29 is 46.6 Å². The maximum absolute atomic E-state index is 14.4. The van der Waals surface area contributed by atoms with Crippen LogP contribution in [0.5, 0.6) is 0 Å². The normalized spacial score (nSPS) is 17.5. The first-order valence-electron chi connectivity index (χ1n) is 13.0. The number of likely N-dealkylation sites (tertiary alicyclic amines) is 2. The lowest BCUT2D eigenvalue weighted by Gasteiger charge is -2.34. The Morgan fingerprint density at radius 3 is 1.50 bits per heavy atom. The van der Waals surface area contributed by atoms with Gasteiger partial charge in [0, 0.05) is 63.0 Å². The molecule has 2 amide bonds. The molecule has 2 aliphatic rings. The number of alkyl halides is 2. The molecule has 228 valence electrons. The molecule has 0 radical (unpaired) electrons. The van der Waals surface area contributed by atoms with Gasteiger partial charge in [-0.25, -0.2) is 27.2 Å². The lowest BCUT2D eigenvalue weighted by atomic mass is 9.93. The number of amides is 2. The van der Waals surface area contributed by atoms with E-state index in [9.17, 15) is 36.7 Å². The number of nitrogens with zero attached hydrogens (tertiary/aromatic N) is 2. The van der Waals surface area contributed by atoms with Crippen LogP contribution >= 0.6 is 23.2 Å². The van der Waals surface area contributed by atoms with E-state index in [0.29, 0.717) is 0 Å². The Hall–Kier alpha value is -3.38. The highest BCUT2D eigenvalue weighted by atomic mass is 35.5. The second-order valence-corrected chi connectivity index (χ2v) is 10.6. The van der Waals surface area contributed by atoms with Crippen LogP contribution in [0, 0.1) is 11.6 Å². The lowest BCUT2D eigenvalue weighted by Crippen LogP contribution is -2.49. The summed E-state index contributed by atoms with van der Waals surface area (Å²) >= 11 is 11.3. The average Bonchev–Trinajstić information content (AvgIpc) is 2.96. The molecule has 1 N–H and O–H groups in total. The van der Waals surface area contributed by atoms with Gasteiger partial charge in [0.25, 0.3) is 11.8 Å². The fourth-order valence-corrected chi connectivity index (χ4v) is 4.79. The summed E-state index contributed by atoms with van der Waals surface area (Å²) in [5.41, 5.74) is -3.91. The minimum atomic E-state index is -2.28. The monoisotopic (exact) mass is 634 g/mol. The second kappa shape index (κ2) is 13.7. The smallest absolute Gasteiger partial charge is 0.344 e. The molecule has 0 spiro atoms. The molecule has 2 saturated heterocycles. The number of benzene rings is 2. The Morgan fingerprint density at radius 1 is 0.786 bits per heavy atom. The van der Waals surface area contributed by atoms with Crippen LogP contribution in [0.1, 0.15) is 53.3 Å². The summed E-state index contributed by atoms with van der Waals surface area (Å²) in [6, 6.07) is 7.24. The molecule has 0 aliphatic carbocycles. The van der Waals surface area contributed by atoms with Crippen LogP contribution in [0.4, 0.5) is 17.6 Å². The zero-order valence-electron chi connectivity index (χ0n) is 22.5. The number of piperidine rings is 2. The van der Waals surface area contributed by atoms with Crippen molar-refractivity contribution in [1.82, 2.24) is 9.80 Å². The highest BCUT2D eigenvalue weighted by Crippen LogP contribution is 2.30. The third-order valence-corrected chi connectivity index (χ3v) is 7.62. The van der Waals surface area contributed by atoms with Crippen LogP contribution in [0.25, 0.3) is 0 Å². The Morgan fingerprint density at radius 2 is 1.17 bits per heavy atom. The minimum Gasteiger partial charge on any atom is -0.479 e. The maximum Gasteiger partial charge on any atom is 0.344 e. The van der Waals surface area contributed by atoms with Crippen LogP contribution in [0.15, 0.2) is 36.4 Å². The number of carboxylic acid groups (broad SMARTS) is 1. The molecule has 0 atom stereocenters. The number of ether oxygens (including phenoxy) is 1. The van der Waals surface area contributed by atoms with Crippen molar-refractivity contribution in [2.24, 2.45) is 0 Å². The number of halogens is 6. The van der Waals surface area contributed by atoms with E-state index in [-0.39, 0.29) is 85.5 Å². The number of carbonyl (C=O) groups excluding carboxylic acids is 3. The molecular formula is C28H28Cl2F4N2O6. The molecule has 2 aromatic rings. The summed E-state index contributed by atoms with van der Waals surface area (Å²) in [6.07, 6.45) is -0.759. The highest BCUT2D eigenvalue weighted by Gasteiger charge is 2.44. The Balaban J connectivity index is 0.000000231. The van der Waals surface area contributed by atoms with Crippen molar-refractivity contribution in [3.8, 4) is 0 Å². The highest BCUT2D eigenvalue weighted by molar-refractivity contribution is 6.31. The van der Waals surface area contributed by atoms with Gasteiger partial charge in [0.15, 0.2) is 0 Å². The van der Waals surface area contributed by atoms with Gasteiger partial charge < -0.3 is 19.6 Å². The standard InChI is InChI=1S/C15H16ClF2NO3.C13H12ClF2NO3/c1-2-22-14(21)15(18)5-7-19(8-6-15)13(20)10-3-4-12(17)11(16)9-10;14-9-7-8(1-2-10(9)15)11(18)17-5-3-13(16,4-6-17)12(19)20/h3-4,9H,2,5-8H2,1H3;1-2,7H,3-6H2,(H,19,20). The van der Waals surface area contributed by atoms with E-state index < -0.39 is 40.8 Å². The summed E-state index contributed by atoms with van der Waals surface area (Å²) in [7, 11) is 0. The molecule has 0 unspecified atom stereocenters. The molecular weight excluding hydrogens is 607 g/mol. The first-order valence-corrected chi connectivity index (χ1v) is 13.7. The quantitative estimate of drug-likeness (QED) is 0.344. The molecule has 4 rings (SSSR count). The third-order valence-electron chi connectivity index (χ3n) is 7.04. The van der Waals surface area contributed by atoms with Crippen molar-refractivity contribution in [1.29, 1.82) is 0 Å². The Kier molecular flexibility index (Phi) is 10.8. The number of carbonyl (C=O) groups is 4. The van der Waals surface area contributed by atoms with Gasteiger partial charge in [0.1, 0.15) is 11.6 Å². The zero-order valence-corrected chi connectivity index (χ0v) is 24.0. The summed E-state index contributed by atoms with van der Waals surface area (Å²) in [5.74, 6) is -4.41. The van der Waals surface area contributed by atoms with Gasteiger partial charge >= 0.3 is 11.9 Å². The molecule has 2 heterocycles. The molecule has 0 aromatic heterocycles. The molecule has 0 saturated carbocycles. The van der Waals surface area contributed by atoms with Gasteiger partial charge in [-0.3, -0.25) is 9.59 Å². The van der Waals surface area contributed by atoms with E-state index in [2.05, 4.69) is 0 Å². The van der Waals surface area contributed by atoms with E-state index in [1.165, 1.54) is 34.1 Å². The number of rotatable bonds is 5. The first-order chi connectivity index (χ1) is 19.7. The number of hydrogen-bond acceptors (Lipinski definition) is 5. The number of aliphatic carboxylic acids is 1. The number of carboxylic acids is 1. The van der Waals surface area contributed by atoms with Crippen molar-refractivity contribution in [3.63, 3.8) is 0 Å². The topological polar surface area (TPSA) is 104 Å². The Labute approximate surface area is 249 Å². The fraction of sp³-hybridized carbons (Fsp3) is 0.429. The van der Waals surface area contributed by atoms with E-state index in [4.69, 9.17) is 33.0 Å². The van der Waals surface area contributed by atoms with Crippen molar-refractivity contribution in [2.75, 3.05) is 32.8 Å². The van der Waals surface area contributed by atoms with Gasteiger partial charge in [-0.2, -0.15) is 0 Å². The van der Waals surface area contributed by atoms with Crippen molar-refractivity contribution in [2.45, 2.75) is 43.9 Å². The van der Waals surface area contributed by atoms with Gasteiger partial charge in [0.2, 0.25) is 11.3 Å². The van der Waals surface area contributed by atoms with Gasteiger partial charge in [-0.05, 0) is 43.3 Å². The second-order valence-electron chi connectivity index (χ2n) is 9.80. The SMILES string of the molecule is CCOC(=O)C1(F)CCN(C(=O)c2ccc(F)c(Cl)c2)CC1.O=C(c1ccc(F)c(Cl)c1)N1CCC(F)(C(=O)O)CC1. The summed E-state index contributed by atoms with van der Waals surface area (Å²) in [4.78, 5) is 49.5. The summed E-state index contributed by atoms with van der Waals surface area (Å²) < 4.78 is 59.1. The molecule has 8 nitrogen and oxygen atoms in total. The zero-order chi connectivity index (χ0) is 31.2. The van der Waals surface area contributed by atoms with Crippen LogP contribution < -0.4 is 0 Å². The third kappa shape index (κ3) is 7.71. The summed E-state index contributed by atoms with van der Waals surface area (Å²) in [5, 5.41) is 8.46. The minimum absolute atomic E-state index is 0.00334. The molecule has 42 heavy (non-hydrogen) atoms. The number of hydrogen-bond donors (Lipinski definition) is 1. The molecule has 0 bridgehead atoms. The predicted octanol–water partition coefficient (Wildman–Crippen LogP) is 5.49. The average molecular weight is 635 g/mol. The fourth-order valence-electron chi connectivity index (χ4n) is 4.43. The lowest BCUT2D eigenvalue weighted by molar-refractivity contribution is -0.160. The molecule has 14 heteroatoms. The first kappa shape index (κ1) is 33.1. The molecule has 2 aliphatic heterocycles. The van der Waals surface area contributed by atoms with Crippen molar-refractivity contribution in [3.05, 3.63) is 69.2 Å². The van der Waals surface area contributed by atoms with Crippen LogP contribution in [-0.2, 0) is 14.3 Å². The van der Waals surface area contributed by atoms with E-state index >= 15 is 0 Å². The van der Waals surface area contributed by atoms with E-state index in [1.54, 1.807) is 6.92 Å². The van der Waals surface area contributed by atoms with Crippen LogP contribution in [0.2, 0.25) is 10.0 Å². The predicted molar refractivity (Wildman–Crippen MR) is 145 cm³/mol. The molecule has 2 aromatic carbocycles. The maximum atomic E-state index is 14.4. The van der Waals surface area contributed by atoms with E-state index in [0.717, 1.165) is 12.1 Å². The van der Waals surface area contributed by atoms with Gasteiger partial charge in [-0.15, -0.1) is 0 Å². The number of esters is 1. The van der Waals surface area contributed by atoms with Crippen molar-refractivity contribution >= 4 is 47.0 Å².